The Morgan fingerprint density at radius 1 is 0.941 bits per heavy atom. The second-order valence-electron chi connectivity index (χ2n) is 4.10. The fraction of sp³-hybridized carbons (Fsp3) is 0.818. The quantitative estimate of drug-likeness (QED) is 0.585. The Hall–Kier alpha value is -1.46. The van der Waals surface area contributed by atoms with E-state index < -0.39 is 12.1 Å². The van der Waals surface area contributed by atoms with Gasteiger partial charge in [0.05, 0.1) is 0 Å². The van der Waals surface area contributed by atoms with Crippen LogP contribution >= 0.6 is 0 Å². The fourth-order valence-corrected chi connectivity index (χ4v) is 1.88. The fourth-order valence-electron chi connectivity index (χ4n) is 1.88. The molecular formula is C11H26N4O2. The van der Waals surface area contributed by atoms with E-state index in [1.54, 1.807) is 0 Å². The van der Waals surface area contributed by atoms with E-state index in [2.05, 4.69) is 29.9 Å². The second-order valence-corrected chi connectivity index (χ2v) is 4.10. The highest BCUT2D eigenvalue weighted by Crippen LogP contribution is 2.26. The number of carbonyl (C=O) groups is 2. The summed E-state index contributed by atoms with van der Waals surface area (Å²) in [6.45, 7) is 2.30. The van der Waals surface area contributed by atoms with Crippen molar-refractivity contribution in [3.63, 3.8) is 0 Å². The monoisotopic (exact) mass is 246 g/mol. The Morgan fingerprint density at radius 3 is 1.59 bits per heavy atom. The second kappa shape index (κ2) is 12.6. The van der Waals surface area contributed by atoms with Crippen LogP contribution in [0, 0.1) is 5.92 Å². The van der Waals surface area contributed by atoms with Gasteiger partial charge in [0, 0.05) is 0 Å². The van der Waals surface area contributed by atoms with Crippen LogP contribution in [0.4, 0.5) is 9.59 Å². The smallest absolute Gasteiger partial charge is 0.309 e. The van der Waals surface area contributed by atoms with Crippen molar-refractivity contribution < 1.29 is 9.59 Å². The van der Waals surface area contributed by atoms with Crippen molar-refractivity contribution in [2.45, 2.75) is 51.9 Å². The van der Waals surface area contributed by atoms with Gasteiger partial charge in [-0.05, 0) is 5.92 Å². The molecule has 0 radical (unpaired) electrons. The van der Waals surface area contributed by atoms with Gasteiger partial charge < -0.3 is 22.9 Å². The average Bonchev–Trinajstić information content (AvgIpc) is 2.18. The van der Waals surface area contributed by atoms with E-state index in [1.807, 2.05) is 0 Å². The highest BCUT2D eigenvalue weighted by molar-refractivity contribution is 5.69. The highest BCUT2D eigenvalue weighted by atomic mass is 16.2. The standard InChI is InChI=1S/C9H18.2CH4N2O/c1-2-6-9-7-4-3-5-8-9;2*2-1(3)4/h9H,2-8H2,1H3;2*(H4,2,3,4). The molecule has 0 spiro atoms. The van der Waals surface area contributed by atoms with Crippen LogP contribution in [-0.2, 0) is 0 Å². The molecule has 6 nitrogen and oxygen atoms in total. The summed E-state index contributed by atoms with van der Waals surface area (Å²) in [6, 6.07) is -1.67. The first-order chi connectivity index (χ1) is 7.90. The molecule has 0 saturated heterocycles. The number of nitrogens with two attached hydrogens (primary N) is 4. The van der Waals surface area contributed by atoms with Gasteiger partial charge >= 0.3 is 12.1 Å². The third-order valence-electron chi connectivity index (χ3n) is 2.42. The Bertz CT molecular complexity index is 181. The van der Waals surface area contributed by atoms with Crippen LogP contribution in [0.5, 0.6) is 0 Å². The molecule has 8 N–H and O–H groups in total. The molecule has 1 aliphatic rings. The van der Waals surface area contributed by atoms with Crippen molar-refractivity contribution >= 4 is 12.1 Å². The predicted molar refractivity (Wildman–Crippen MR) is 69.0 cm³/mol. The summed E-state index contributed by atoms with van der Waals surface area (Å²) in [4.78, 5) is 18.0. The summed E-state index contributed by atoms with van der Waals surface area (Å²) in [7, 11) is 0. The summed E-state index contributed by atoms with van der Waals surface area (Å²) < 4.78 is 0. The lowest BCUT2D eigenvalue weighted by molar-refractivity contribution is 0.255. The third kappa shape index (κ3) is 25.1. The van der Waals surface area contributed by atoms with Crippen molar-refractivity contribution in [1.29, 1.82) is 0 Å². The maximum absolute atomic E-state index is 9.00. The summed E-state index contributed by atoms with van der Waals surface area (Å²) in [5.74, 6) is 1.10. The Labute approximate surface area is 103 Å². The van der Waals surface area contributed by atoms with E-state index in [1.165, 1.54) is 44.9 Å². The van der Waals surface area contributed by atoms with E-state index in [0.29, 0.717) is 0 Å². The van der Waals surface area contributed by atoms with Gasteiger partial charge in [0.15, 0.2) is 0 Å². The number of amides is 4. The SMILES string of the molecule is CCCC1CCCCC1.NC(N)=O.NC(N)=O. The molecule has 0 heterocycles. The topological polar surface area (TPSA) is 138 Å². The van der Waals surface area contributed by atoms with Gasteiger partial charge in [-0.3, -0.25) is 0 Å². The Morgan fingerprint density at radius 2 is 1.29 bits per heavy atom. The van der Waals surface area contributed by atoms with Crippen molar-refractivity contribution in [1.82, 2.24) is 0 Å². The first kappa shape index (κ1) is 17.9. The van der Waals surface area contributed by atoms with E-state index in [-0.39, 0.29) is 0 Å². The van der Waals surface area contributed by atoms with Gasteiger partial charge in [0.1, 0.15) is 0 Å². The Balaban J connectivity index is 0. The van der Waals surface area contributed by atoms with E-state index in [9.17, 15) is 0 Å². The van der Waals surface area contributed by atoms with Gasteiger partial charge in [-0.25, -0.2) is 9.59 Å². The molecular weight excluding hydrogens is 220 g/mol. The maximum atomic E-state index is 9.00. The first-order valence-corrected chi connectivity index (χ1v) is 5.99. The van der Waals surface area contributed by atoms with Crippen LogP contribution in [0.1, 0.15) is 51.9 Å². The highest BCUT2D eigenvalue weighted by Gasteiger charge is 2.10. The van der Waals surface area contributed by atoms with Crippen LogP contribution in [0.3, 0.4) is 0 Å². The minimum absolute atomic E-state index is 0.833. The lowest BCUT2D eigenvalue weighted by Gasteiger charge is -2.20. The molecule has 0 aromatic carbocycles. The van der Waals surface area contributed by atoms with Gasteiger partial charge in [-0.1, -0.05) is 51.9 Å². The van der Waals surface area contributed by atoms with Crippen LogP contribution in [0.25, 0.3) is 0 Å². The molecule has 102 valence electrons. The molecule has 1 aliphatic carbocycles. The molecule has 0 aliphatic heterocycles. The number of primary amides is 4. The zero-order valence-corrected chi connectivity index (χ0v) is 10.7. The maximum Gasteiger partial charge on any atom is 0.309 e. The molecule has 0 aromatic heterocycles. The molecule has 1 fully saturated rings. The van der Waals surface area contributed by atoms with Crippen molar-refractivity contribution in [3.8, 4) is 0 Å². The number of hydrogen-bond acceptors (Lipinski definition) is 2. The van der Waals surface area contributed by atoms with Gasteiger partial charge in [-0.2, -0.15) is 0 Å². The molecule has 17 heavy (non-hydrogen) atoms. The van der Waals surface area contributed by atoms with Gasteiger partial charge in [0.2, 0.25) is 0 Å². The molecule has 1 rings (SSSR count). The van der Waals surface area contributed by atoms with Crippen LogP contribution < -0.4 is 22.9 Å². The third-order valence-corrected chi connectivity index (χ3v) is 2.42. The molecule has 0 aromatic rings. The summed E-state index contributed by atoms with van der Waals surface area (Å²) >= 11 is 0. The summed E-state index contributed by atoms with van der Waals surface area (Å²) in [5.41, 5.74) is 17.0. The molecule has 6 heteroatoms. The Kier molecular flexibility index (Phi) is 13.3. The number of rotatable bonds is 2. The average molecular weight is 246 g/mol. The largest absolute Gasteiger partial charge is 0.352 e. The predicted octanol–water partition coefficient (Wildman–Crippen LogP) is 1.41. The van der Waals surface area contributed by atoms with Gasteiger partial charge in [-0.15, -0.1) is 0 Å². The van der Waals surface area contributed by atoms with E-state index in [0.717, 1.165) is 5.92 Å². The molecule has 1 saturated carbocycles. The minimum atomic E-state index is -0.833. The summed E-state index contributed by atoms with van der Waals surface area (Å²) in [5, 5.41) is 0. The van der Waals surface area contributed by atoms with Crippen molar-refractivity contribution in [2.75, 3.05) is 0 Å². The number of hydrogen-bond donors (Lipinski definition) is 4. The van der Waals surface area contributed by atoms with E-state index in [4.69, 9.17) is 9.59 Å². The number of carbonyl (C=O) groups excluding carboxylic acids is 2. The number of urea groups is 2. The first-order valence-electron chi connectivity index (χ1n) is 5.99. The van der Waals surface area contributed by atoms with Crippen LogP contribution in [0.2, 0.25) is 0 Å². The van der Waals surface area contributed by atoms with Crippen LogP contribution in [-0.4, -0.2) is 12.1 Å². The van der Waals surface area contributed by atoms with Crippen LogP contribution in [0.15, 0.2) is 0 Å². The van der Waals surface area contributed by atoms with Crippen molar-refractivity contribution in [3.05, 3.63) is 0 Å². The lowest BCUT2D eigenvalue weighted by atomic mass is 9.86. The molecule has 0 atom stereocenters. The minimum Gasteiger partial charge on any atom is -0.352 e. The lowest BCUT2D eigenvalue weighted by Crippen LogP contribution is -2.18. The van der Waals surface area contributed by atoms with E-state index >= 15 is 0 Å². The molecule has 4 amide bonds. The van der Waals surface area contributed by atoms with Crippen molar-refractivity contribution in [2.24, 2.45) is 28.9 Å². The zero-order valence-electron chi connectivity index (χ0n) is 10.7. The molecule has 0 unspecified atom stereocenters. The van der Waals surface area contributed by atoms with Gasteiger partial charge in [0.25, 0.3) is 0 Å². The molecule has 0 bridgehead atoms. The normalized spacial score (nSPS) is 14.6. The summed E-state index contributed by atoms with van der Waals surface area (Å²) in [6.07, 6.45) is 10.4. The zero-order chi connectivity index (χ0) is 13.7.